The van der Waals surface area contributed by atoms with E-state index in [1.54, 1.807) is 11.8 Å². The van der Waals surface area contributed by atoms with Crippen molar-refractivity contribution in [1.82, 2.24) is 15.0 Å². The minimum absolute atomic E-state index is 0.0106. The zero-order chi connectivity index (χ0) is 14.5. The van der Waals surface area contributed by atoms with Gasteiger partial charge in [-0.15, -0.1) is 0 Å². The first-order chi connectivity index (χ1) is 8.86. The fourth-order valence-corrected chi connectivity index (χ4v) is 1.34. The number of ether oxygens (including phenoxy) is 1. The first-order valence-electron chi connectivity index (χ1n) is 6.04. The van der Waals surface area contributed by atoms with Gasteiger partial charge < -0.3 is 10.1 Å². The molecule has 0 amide bonds. The number of anilines is 2. The highest BCUT2D eigenvalue weighted by Gasteiger charge is 2.17. The molecule has 0 radical (unpaired) electrons. The Kier molecular flexibility index (Phi) is 5.61. The van der Waals surface area contributed by atoms with Crippen LogP contribution in [0.5, 0.6) is 6.01 Å². The molecule has 1 rings (SSSR count). The molecular weight excluding hydrogens is 264 g/mol. The highest BCUT2D eigenvalue weighted by molar-refractivity contribution is 7.99. The summed E-state index contributed by atoms with van der Waals surface area (Å²) in [6.07, 6.45) is 2.05. The highest BCUT2D eigenvalue weighted by Crippen LogP contribution is 2.21. The molecule has 0 aliphatic carbocycles. The van der Waals surface area contributed by atoms with Crippen molar-refractivity contribution < 1.29 is 4.74 Å². The molecule has 1 heterocycles. The Morgan fingerprint density at radius 2 is 1.89 bits per heavy atom. The van der Waals surface area contributed by atoms with Crippen LogP contribution in [-0.4, -0.2) is 38.6 Å². The summed E-state index contributed by atoms with van der Waals surface area (Å²) in [7, 11) is 0. The number of hydrogen-bond acceptors (Lipinski definition) is 8. The van der Waals surface area contributed by atoms with Crippen LogP contribution in [0.4, 0.5) is 11.9 Å². The number of nitrogen functional groups attached to an aromatic ring is 1. The van der Waals surface area contributed by atoms with E-state index in [2.05, 4.69) is 45.8 Å². The van der Waals surface area contributed by atoms with E-state index in [-0.39, 0.29) is 22.8 Å². The lowest BCUT2D eigenvalue weighted by atomic mass is 10.2. The second-order valence-corrected chi connectivity index (χ2v) is 6.41. The summed E-state index contributed by atoms with van der Waals surface area (Å²) in [5.41, 5.74) is 2.40. The summed E-state index contributed by atoms with van der Waals surface area (Å²) in [6, 6.07) is 0.252. The van der Waals surface area contributed by atoms with Crippen molar-refractivity contribution >= 4 is 23.7 Å². The van der Waals surface area contributed by atoms with Gasteiger partial charge in [0.1, 0.15) is 0 Å². The van der Waals surface area contributed by atoms with E-state index in [9.17, 15) is 0 Å². The molecule has 0 aromatic carbocycles. The summed E-state index contributed by atoms with van der Waals surface area (Å²) in [6.45, 7) is 8.81. The number of thioether (sulfide) groups is 1. The first kappa shape index (κ1) is 15.8. The lowest BCUT2D eigenvalue weighted by molar-refractivity contribution is 0.222. The second kappa shape index (κ2) is 6.76. The average Bonchev–Trinajstić information content (AvgIpc) is 2.35. The van der Waals surface area contributed by atoms with Crippen LogP contribution in [0, 0.1) is 0 Å². The molecule has 0 aliphatic rings. The molecule has 1 aromatic heterocycles. The Morgan fingerprint density at radius 1 is 1.26 bits per heavy atom. The molecular formula is C11H22N6OS. The average molecular weight is 286 g/mol. The van der Waals surface area contributed by atoms with Crippen LogP contribution >= 0.6 is 11.8 Å². The number of hydrogen-bond donors (Lipinski definition) is 3. The third kappa shape index (κ3) is 5.48. The normalized spacial score (nSPS) is 11.5. The van der Waals surface area contributed by atoms with Gasteiger partial charge in [-0.3, -0.25) is 5.43 Å². The molecule has 19 heavy (non-hydrogen) atoms. The monoisotopic (exact) mass is 286 g/mol. The molecule has 0 bridgehead atoms. The summed E-state index contributed by atoms with van der Waals surface area (Å²) in [4.78, 5) is 12.4. The van der Waals surface area contributed by atoms with Crippen LogP contribution in [0.1, 0.15) is 27.7 Å². The number of nitrogens with two attached hydrogens (primary N) is 1. The predicted octanol–water partition coefficient (Wildman–Crippen LogP) is 1.50. The molecule has 0 unspecified atom stereocenters. The molecule has 4 N–H and O–H groups in total. The Morgan fingerprint density at radius 3 is 2.42 bits per heavy atom. The maximum absolute atomic E-state index is 5.45. The van der Waals surface area contributed by atoms with Crippen molar-refractivity contribution in [3.8, 4) is 6.01 Å². The van der Waals surface area contributed by atoms with Gasteiger partial charge in [-0.05, 0) is 34.0 Å². The SMILES string of the molecule is CSC(C)(C)CNc1nc(NN)nc(OC(C)C)n1. The van der Waals surface area contributed by atoms with E-state index in [1.807, 2.05) is 13.8 Å². The lowest BCUT2D eigenvalue weighted by Crippen LogP contribution is -2.27. The van der Waals surface area contributed by atoms with Crippen LogP contribution in [-0.2, 0) is 0 Å². The van der Waals surface area contributed by atoms with Crippen molar-refractivity contribution in [2.45, 2.75) is 38.5 Å². The molecule has 0 spiro atoms. The Bertz CT molecular complexity index is 412. The quantitative estimate of drug-likeness (QED) is 0.512. The van der Waals surface area contributed by atoms with Gasteiger partial charge in [-0.2, -0.15) is 26.7 Å². The molecule has 0 atom stereocenters. The van der Waals surface area contributed by atoms with Crippen molar-refractivity contribution in [3.63, 3.8) is 0 Å². The van der Waals surface area contributed by atoms with Gasteiger partial charge in [0.05, 0.1) is 6.10 Å². The van der Waals surface area contributed by atoms with Gasteiger partial charge in [0.2, 0.25) is 11.9 Å². The fraction of sp³-hybridized carbons (Fsp3) is 0.727. The molecule has 0 aliphatic heterocycles. The van der Waals surface area contributed by atoms with E-state index in [0.29, 0.717) is 5.95 Å². The van der Waals surface area contributed by atoms with Crippen LogP contribution < -0.4 is 21.3 Å². The maximum Gasteiger partial charge on any atom is 0.323 e. The molecule has 0 saturated carbocycles. The topological polar surface area (TPSA) is 98.0 Å². The number of nitrogens with one attached hydrogen (secondary N) is 2. The Balaban J connectivity index is 2.82. The van der Waals surface area contributed by atoms with E-state index in [1.165, 1.54) is 0 Å². The van der Waals surface area contributed by atoms with Crippen molar-refractivity contribution in [1.29, 1.82) is 0 Å². The lowest BCUT2D eigenvalue weighted by Gasteiger charge is -2.22. The van der Waals surface area contributed by atoms with Gasteiger partial charge in [-0.1, -0.05) is 0 Å². The summed E-state index contributed by atoms with van der Waals surface area (Å²) < 4.78 is 5.54. The van der Waals surface area contributed by atoms with Crippen LogP contribution in [0.15, 0.2) is 0 Å². The third-order valence-electron chi connectivity index (χ3n) is 2.31. The van der Waals surface area contributed by atoms with Crippen LogP contribution in [0.3, 0.4) is 0 Å². The van der Waals surface area contributed by atoms with Gasteiger partial charge >= 0.3 is 6.01 Å². The van der Waals surface area contributed by atoms with E-state index < -0.39 is 0 Å². The Hall–Kier alpha value is -1.28. The standard InChI is InChI=1S/C11H22N6OS/c1-7(2)18-10-15-8(14-9(16-10)17-12)13-6-11(3,4)19-5/h7H,6,12H2,1-5H3,(H2,13,14,15,16,17). The third-order valence-corrected chi connectivity index (χ3v) is 3.56. The molecule has 0 saturated heterocycles. The van der Waals surface area contributed by atoms with E-state index in [0.717, 1.165) is 6.54 Å². The molecule has 8 heteroatoms. The largest absolute Gasteiger partial charge is 0.461 e. The van der Waals surface area contributed by atoms with Crippen molar-refractivity contribution in [3.05, 3.63) is 0 Å². The first-order valence-corrected chi connectivity index (χ1v) is 7.27. The Labute approximate surface area is 118 Å². The van der Waals surface area contributed by atoms with Gasteiger partial charge in [0, 0.05) is 11.3 Å². The molecule has 0 fully saturated rings. The maximum atomic E-state index is 5.45. The van der Waals surface area contributed by atoms with Crippen LogP contribution in [0.25, 0.3) is 0 Å². The smallest absolute Gasteiger partial charge is 0.323 e. The van der Waals surface area contributed by atoms with E-state index >= 15 is 0 Å². The van der Waals surface area contributed by atoms with Gasteiger partial charge in [0.15, 0.2) is 0 Å². The number of nitrogens with zero attached hydrogens (tertiary/aromatic N) is 3. The van der Waals surface area contributed by atoms with E-state index in [4.69, 9.17) is 10.6 Å². The minimum Gasteiger partial charge on any atom is -0.461 e. The van der Waals surface area contributed by atoms with Gasteiger partial charge in [0.25, 0.3) is 0 Å². The van der Waals surface area contributed by atoms with Crippen LogP contribution in [0.2, 0.25) is 0 Å². The number of rotatable bonds is 7. The molecule has 7 nitrogen and oxygen atoms in total. The summed E-state index contributed by atoms with van der Waals surface area (Å²) >= 11 is 1.77. The van der Waals surface area contributed by atoms with Crippen molar-refractivity contribution in [2.24, 2.45) is 5.84 Å². The zero-order valence-corrected chi connectivity index (χ0v) is 12.8. The van der Waals surface area contributed by atoms with Gasteiger partial charge in [-0.25, -0.2) is 5.84 Å². The number of hydrazine groups is 1. The molecule has 1 aromatic rings. The molecule has 108 valence electrons. The fourth-order valence-electron chi connectivity index (χ4n) is 1.13. The van der Waals surface area contributed by atoms with Crippen molar-refractivity contribution in [2.75, 3.05) is 23.5 Å². The number of aromatic nitrogens is 3. The second-order valence-electron chi connectivity index (χ2n) is 4.89. The zero-order valence-electron chi connectivity index (χ0n) is 12.0. The predicted molar refractivity (Wildman–Crippen MR) is 79.5 cm³/mol. The minimum atomic E-state index is -0.0106. The highest BCUT2D eigenvalue weighted by atomic mass is 32.2. The summed E-state index contributed by atoms with van der Waals surface area (Å²) in [5.74, 6) is 6.05. The summed E-state index contributed by atoms with van der Waals surface area (Å²) in [5, 5.41) is 3.17.